The van der Waals surface area contributed by atoms with Gasteiger partial charge in [0.2, 0.25) is 0 Å². The molecule has 3 aromatic rings. The van der Waals surface area contributed by atoms with Gasteiger partial charge in [-0.1, -0.05) is 0 Å². The molecule has 0 aliphatic carbocycles. The highest BCUT2D eigenvalue weighted by Crippen LogP contribution is 2.21. The molecule has 3 aromatic heterocycles. The first-order valence-corrected chi connectivity index (χ1v) is 11.2. The van der Waals surface area contributed by atoms with Gasteiger partial charge >= 0.3 is 0 Å². The average Bonchev–Trinajstić information content (AvgIpc) is 3.48. The lowest BCUT2D eigenvalue weighted by Crippen LogP contribution is -2.23. The molecule has 1 amide bonds. The first kappa shape index (κ1) is 20.6. The van der Waals surface area contributed by atoms with E-state index in [1.165, 1.54) is 11.3 Å². The number of imidazole rings is 1. The predicted octanol–water partition coefficient (Wildman–Crippen LogP) is 4.57. The molecule has 0 spiro atoms. The quantitative estimate of drug-likeness (QED) is 0.602. The Kier molecular flexibility index (Phi) is 6.44. The summed E-state index contributed by atoms with van der Waals surface area (Å²) in [6.07, 6.45) is 11.7. The molecule has 0 bridgehead atoms. The van der Waals surface area contributed by atoms with Crippen LogP contribution in [0.4, 0.5) is 5.13 Å². The van der Waals surface area contributed by atoms with Crippen molar-refractivity contribution in [3.63, 3.8) is 0 Å². The molecule has 1 N–H and O–H groups in total. The zero-order chi connectivity index (χ0) is 20.9. The molecule has 4 heterocycles. The van der Waals surface area contributed by atoms with E-state index < -0.39 is 0 Å². The van der Waals surface area contributed by atoms with Gasteiger partial charge in [0.05, 0.1) is 17.7 Å². The van der Waals surface area contributed by atoms with E-state index in [0.29, 0.717) is 22.8 Å². The zero-order valence-electron chi connectivity index (χ0n) is 17.3. The van der Waals surface area contributed by atoms with Crippen molar-refractivity contribution < 1.29 is 9.53 Å². The highest BCUT2D eigenvalue weighted by Gasteiger charge is 2.18. The zero-order valence-corrected chi connectivity index (χ0v) is 18.1. The largest absolute Gasteiger partial charge is 0.381 e. The Morgan fingerprint density at radius 3 is 2.90 bits per heavy atom. The number of carbonyl (C=O) groups excluding carboxylic acids is 1. The molecule has 1 fully saturated rings. The van der Waals surface area contributed by atoms with Gasteiger partial charge in [-0.05, 0) is 56.9 Å². The SMILES string of the molecule is CC(C)n1cnc(/C=C/c2csc(NC(=O)c3cccn3CC3CCOCC3)n2)c1. The van der Waals surface area contributed by atoms with Gasteiger partial charge < -0.3 is 13.9 Å². The minimum Gasteiger partial charge on any atom is -0.381 e. The van der Waals surface area contributed by atoms with Gasteiger partial charge in [-0.15, -0.1) is 11.3 Å². The minimum absolute atomic E-state index is 0.132. The third-order valence-electron chi connectivity index (χ3n) is 5.24. The summed E-state index contributed by atoms with van der Waals surface area (Å²) in [7, 11) is 0. The molecule has 8 heteroatoms. The summed E-state index contributed by atoms with van der Waals surface area (Å²) >= 11 is 1.42. The van der Waals surface area contributed by atoms with Crippen LogP contribution in [0.15, 0.2) is 36.2 Å². The van der Waals surface area contributed by atoms with Gasteiger partial charge in [-0.25, -0.2) is 9.97 Å². The lowest BCUT2D eigenvalue weighted by Gasteiger charge is -2.23. The Morgan fingerprint density at radius 2 is 2.13 bits per heavy atom. The van der Waals surface area contributed by atoms with Crippen LogP contribution in [0.5, 0.6) is 0 Å². The van der Waals surface area contributed by atoms with Crippen molar-refractivity contribution >= 4 is 34.5 Å². The van der Waals surface area contributed by atoms with Crippen molar-refractivity contribution in [1.29, 1.82) is 0 Å². The van der Waals surface area contributed by atoms with E-state index in [2.05, 4.69) is 33.7 Å². The number of nitrogens with zero attached hydrogens (tertiary/aromatic N) is 4. The Hall–Kier alpha value is -2.71. The second-order valence-corrected chi connectivity index (χ2v) is 8.66. The predicted molar refractivity (Wildman–Crippen MR) is 120 cm³/mol. The fraction of sp³-hybridized carbons (Fsp3) is 0.409. The van der Waals surface area contributed by atoms with Crippen LogP contribution in [0, 0.1) is 5.92 Å². The van der Waals surface area contributed by atoms with E-state index in [1.807, 2.05) is 53.0 Å². The normalized spacial score (nSPS) is 15.3. The van der Waals surface area contributed by atoms with E-state index in [4.69, 9.17) is 4.74 Å². The smallest absolute Gasteiger partial charge is 0.274 e. The fourth-order valence-corrected chi connectivity index (χ4v) is 4.13. The monoisotopic (exact) mass is 425 g/mol. The van der Waals surface area contributed by atoms with Gasteiger partial charge in [0.15, 0.2) is 5.13 Å². The molecular formula is C22H27N5O2S. The molecule has 0 atom stereocenters. The first-order chi connectivity index (χ1) is 14.6. The highest BCUT2D eigenvalue weighted by molar-refractivity contribution is 7.14. The number of amides is 1. The number of hydrogen-bond acceptors (Lipinski definition) is 5. The summed E-state index contributed by atoms with van der Waals surface area (Å²) in [4.78, 5) is 21.6. The van der Waals surface area contributed by atoms with Crippen molar-refractivity contribution in [2.75, 3.05) is 18.5 Å². The maximum absolute atomic E-state index is 12.8. The minimum atomic E-state index is -0.132. The number of anilines is 1. The fourth-order valence-electron chi connectivity index (χ4n) is 3.46. The van der Waals surface area contributed by atoms with E-state index in [-0.39, 0.29) is 5.91 Å². The van der Waals surface area contributed by atoms with Gasteiger partial charge in [-0.3, -0.25) is 10.1 Å². The molecule has 0 saturated carbocycles. The Bertz CT molecular complexity index is 1010. The van der Waals surface area contributed by atoms with Crippen LogP contribution >= 0.6 is 11.3 Å². The highest BCUT2D eigenvalue weighted by atomic mass is 32.1. The standard InChI is InChI=1S/C22H27N5O2S/c1-16(2)27-13-18(23-15-27)5-6-19-14-30-22(24-19)25-21(28)20-4-3-9-26(20)12-17-7-10-29-11-8-17/h3-6,9,13-17H,7-8,10-12H2,1-2H3,(H,24,25,28)/b6-5+. The molecule has 1 aliphatic rings. The molecule has 1 saturated heterocycles. The van der Waals surface area contributed by atoms with Crippen molar-refractivity contribution in [3.8, 4) is 0 Å². The third kappa shape index (κ3) is 5.06. The van der Waals surface area contributed by atoms with Gasteiger partial charge in [0.25, 0.3) is 5.91 Å². The summed E-state index contributed by atoms with van der Waals surface area (Å²) in [6.45, 7) is 6.68. The second kappa shape index (κ2) is 9.40. The lowest BCUT2D eigenvalue weighted by atomic mass is 10.0. The maximum atomic E-state index is 12.8. The van der Waals surface area contributed by atoms with Crippen molar-refractivity contribution in [3.05, 3.63) is 53.3 Å². The lowest BCUT2D eigenvalue weighted by molar-refractivity contribution is 0.0610. The van der Waals surface area contributed by atoms with E-state index in [1.54, 1.807) is 0 Å². The number of thiazole rings is 1. The van der Waals surface area contributed by atoms with Crippen LogP contribution in [0.2, 0.25) is 0 Å². The summed E-state index contributed by atoms with van der Waals surface area (Å²) in [5.74, 6) is 0.418. The topological polar surface area (TPSA) is 74.0 Å². The van der Waals surface area contributed by atoms with Crippen molar-refractivity contribution in [2.45, 2.75) is 39.3 Å². The van der Waals surface area contributed by atoms with Gasteiger partial charge in [0, 0.05) is 43.6 Å². The molecular weight excluding hydrogens is 398 g/mol. The molecule has 7 nitrogen and oxygen atoms in total. The molecule has 4 rings (SSSR count). The molecule has 0 aromatic carbocycles. The summed E-state index contributed by atoms with van der Waals surface area (Å²) < 4.78 is 9.52. The molecule has 0 unspecified atom stereocenters. The van der Waals surface area contributed by atoms with Crippen molar-refractivity contribution in [2.24, 2.45) is 5.92 Å². The summed E-state index contributed by atoms with van der Waals surface area (Å²) in [5, 5.41) is 5.44. The van der Waals surface area contributed by atoms with Crippen LogP contribution in [-0.4, -0.2) is 38.2 Å². The van der Waals surface area contributed by atoms with E-state index in [9.17, 15) is 4.79 Å². The molecule has 0 radical (unpaired) electrons. The number of ether oxygens (including phenoxy) is 1. The second-order valence-electron chi connectivity index (χ2n) is 7.81. The summed E-state index contributed by atoms with van der Waals surface area (Å²) in [6, 6.07) is 4.15. The number of hydrogen-bond donors (Lipinski definition) is 1. The van der Waals surface area contributed by atoms with Crippen LogP contribution in [0.3, 0.4) is 0 Å². The van der Waals surface area contributed by atoms with Crippen molar-refractivity contribution in [1.82, 2.24) is 19.1 Å². The Labute approximate surface area is 180 Å². The summed E-state index contributed by atoms with van der Waals surface area (Å²) in [5.41, 5.74) is 2.34. The molecule has 30 heavy (non-hydrogen) atoms. The first-order valence-electron chi connectivity index (χ1n) is 10.3. The van der Waals surface area contributed by atoms with Gasteiger partial charge in [0.1, 0.15) is 5.69 Å². The number of aromatic nitrogens is 4. The van der Waals surface area contributed by atoms with Gasteiger partial charge in [-0.2, -0.15) is 0 Å². The van der Waals surface area contributed by atoms with E-state index in [0.717, 1.165) is 44.0 Å². The number of nitrogens with one attached hydrogen (secondary N) is 1. The number of rotatable bonds is 7. The van der Waals surface area contributed by atoms with Crippen LogP contribution in [-0.2, 0) is 11.3 Å². The molecule has 1 aliphatic heterocycles. The number of carbonyl (C=O) groups is 1. The Morgan fingerprint density at radius 1 is 1.33 bits per heavy atom. The van der Waals surface area contributed by atoms with Crippen LogP contribution in [0.1, 0.15) is 54.6 Å². The third-order valence-corrected chi connectivity index (χ3v) is 6.02. The van der Waals surface area contributed by atoms with Crippen LogP contribution < -0.4 is 5.32 Å². The average molecular weight is 426 g/mol. The van der Waals surface area contributed by atoms with E-state index >= 15 is 0 Å². The molecule has 158 valence electrons. The maximum Gasteiger partial charge on any atom is 0.274 e. The van der Waals surface area contributed by atoms with Crippen LogP contribution in [0.25, 0.3) is 12.2 Å². The Balaban J connectivity index is 1.37.